The van der Waals surface area contributed by atoms with E-state index in [0.29, 0.717) is 5.75 Å². The van der Waals surface area contributed by atoms with Crippen LogP contribution >= 0.6 is 27.3 Å². The summed E-state index contributed by atoms with van der Waals surface area (Å²) in [7, 11) is 1.84. The monoisotopic (exact) mass is 372 g/mol. The third-order valence-electron chi connectivity index (χ3n) is 3.11. The van der Waals surface area contributed by atoms with Crippen LogP contribution < -0.4 is 4.74 Å². The fourth-order valence-corrected chi connectivity index (χ4v) is 3.31. The van der Waals surface area contributed by atoms with Crippen LogP contribution in [0.1, 0.15) is 45.7 Å². The molecule has 2 rings (SSSR count). The molecule has 2 heterocycles. The molecule has 0 atom stereocenters. The van der Waals surface area contributed by atoms with Gasteiger partial charge in [0.05, 0.1) is 15.9 Å². The number of ether oxygens (including phenoxy) is 1. The predicted octanol–water partition coefficient (Wildman–Crippen LogP) is 3.95. The van der Waals surface area contributed by atoms with Gasteiger partial charge in [0, 0.05) is 11.9 Å². The summed E-state index contributed by atoms with van der Waals surface area (Å²) in [4.78, 5) is 12.6. The summed E-state index contributed by atoms with van der Waals surface area (Å²) in [5.74, 6) is -0.264. The highest BCUT2D eigenvalue weighted by atomic mass is 79.9. The van der Waals surface area contributed by atoms with Crippen molar-refractivity contribution in [3.63, 3.8) is 0 Å². The Kier molecular flexibility index (Phi) is 4.73. The molecule has 21 heavy (non-hydrogen) atoms. The zero-order chi connectivity index (χ0) is 15.7. The Balaban J connectivity index is 2.25. The van der Waals surface area contributed by atoms with E-state index in [9.17, 15) is 9.90 Å². The molecule has 0 saturated heterocycles. The minimum atomic E-state index is -0.956. The third kappa shape index (κ3) is 3.29. The van der Waals surface area contributed by atoms with Gasteiger partial charge in [-0.3, -0.25) is 4.68 Å². The van der Waals surface area contributed by atoms with E-state index in [-0.39, 0.29) is 17.4 Å². The van der Waals surface area contributed by atoms with Gasteiger partial charge < -0.3 is 9.84 Å². The molecule has 0 amide bonds. The number of halogens is 1. The van der Waals surface area contributed by atoms with Crippen molar-refractivity contribution in [1.29, 1.82) is 0 Å². The summed E-state index contributed by atoms with van der Waals surface area (Å²) in [6.45, 7) is 6.23. The van der Waals surface area contributed by atoms with Crippen LogP contribution in [-0.2, 0) is 13.7 Å². The van der Waals surface area contributed by atoms with E-state index in [2.05, 4.69) is 21.0 Å². The van der Waals surface area contributed by atoms with Crippen molar-refractivity contribution in [3.8, 4) is 5.75 Å². The van der Waals surface area contributed by atoms with E-state index in [1.165, 1.54) is 11.3 Å². The number of hydrogen-bond acceptors (Lipinski definition) is 4. The molecule has 1 N–H and O–H groups in total. The molecule has 0 aromatic carbocycles. The largest absolute Gasteiger partial charge is 0.485 e. The van der Waals surface area contributed by atoms with Crippen LogP contribution in [0.3, 0.4) is 0 Å². The summed E-state index contributed by atoms with van der Waals surface area (Å²) < 4.78 is 8.35. The number of nitrogens with zero attached hydrogens (tertiary/aromatic N) is 2. The van der Waals surface area contributed by atoms with Gasteiger partial charge in [-0.1, -0.05) is 13.8 Å². The number of carboxylic acids is 1. The molecule has 114 valence electrons. The topological polar surface area (TPSA) is 64.4 Å². The van der Waals surface area contributed by atoms with Crippen molar-refractivity contribution in [2.24, 2.45) is 7.05 Å². The highest BCUT2D eigenvalue weighted by Gasteiger charge is 2.19. The molecule has 2 aromatic rings. The van der Waals surface area contributed by atoms with Gasteiger partial charge in [0.25, 0.3) is 0 Å². The number of rotatable bonds is 5. The van der Waals surface area contributed by atoms with Gasteiger partial charge in [-0.2, -0.15) is 5.10 Å². The van der Waals surface area contributed by atoms with Crippen LogP contribution in [0.25, 0.3) is 0 Å². The summed E-state index contributed by atoms with van der Waals surface area (Å²) in [5.41, 5.74) is 1.75. The summed E-state index contributed by atoms with van der Waals surface area (Å²) in [5, 5.41) is 13.6. The standard InChI is InChI=1S/C14H17BrN2O3S/c1-7(2)11-5-10(13(21-11)14(18)19)20-6-9-12(15)8(3)16-17(9)4/h5,7H,6H2,1-4H3,(H,18,19). The fourth-order valence-electron chi connectivity index (χ4n) is 1.92. The van der Waals surface area contributed by atoms with Crippen molar-refractivity contribution >= 4 is 33.2 Å². The van der Waals surface area contributed by atoms with Gasteiger partial charge in [0.1, 0.15) is 12.4 Å². The average Bonchev–Trinajstić information content (AvgIpc) is 2.91. The maximum atomic E-state index is 11.3. The first-order valence-corrected chi connectivity index (χ1v) is 8.10. The smallest absolute Gasteiger partial charge is 0.349 e. The van der Waals surface area contributed by atoms with Crippen LogP contribution in [0, 0.1) is 6.92 Å². The van der Waals surface area contributed by atoms with Gasteiger partial charge in [-0.05, 0) is 34.8 Å². The minimum absolute atomic E-state index is 0.244. The number of thiophene rings is 1. The number of aryl methyl sites for hydroxylation is 2. The van der Waals surface area contributed by atoms with Crippen molar-refractivity contribution in [3.05, 3.63) is 31.7 Å². The van der Waals surface area contributed by atoms with Crippen molar-refractivity contribution in [2.75, 3.05) is 0 Å². The molecule has 7 heteroatoms. The van der Waals surface area contributed by atoms with Crippen LogP contribution in [0.2, 0.25) is 0 Å². The SMILES string of the molecule is Cc1nn(C)c(COc2cc(C(C)C)sc2C(=O)O)c1Br. The van der Waals surface area contributed by atoms with Crippen LogP contribution in [0.5, 0.6) is 5.75 Å². The molecule has 0 aliphatic heterocycles. The lowest BCUT2D eigenvalue weighted by Crippen LogP contribution is -2.05. The predicted molar refractivity (Wildman–Crippen MR) is 85.3 cm³/mol. The first-order chi connectivity index (χ1) is 9.81. The Bertz CT molecular complexity index is 676. The van der Waals surface area contributed by atoms with Crippen molar-refractivity contribution < 1.29 is 14.6 Å². The number of hydrogen-bond donors (Lipinski definition) is 1. The molecule has 0 aliphatic rings. The molecular formula is C14H17BrN2O3S. The second kappa shape index (κ2) is 6.19. The first kappa shape index (κ1) is 16.0. The quantitative estimate of drug-likeness (QED) is 0.862. The van der Waals surface area contributed by atoms with E-state index in [1.54, 1.807) is 4.68 Å². The van der Waals surface area contributed by atoms with Gasteiger partial charge in [0.2, 0.25) is 0 Å². The third-order valence-corrected chi connectivity index (χ3v) is 5.54. The average molecular weight is 373 g/mol. The molecule has 2 aromatic heterocycles. The second-order valence-corrected chi connectivity index (χ2v) is 6.94. The highest BCUT2D eigenvalue weighted by Crippen LogP contribution is 2.34. The number of aromatic carboxylic acids is 1. The van der Waals surface area contributed by atoms with E-state index >= 15 is 0 Å². The number of carboxylic acid groups (broad SMARTS) is 1. The van der Waals surface area contributed by atoms with E-state index in [4.69, 9.17) is 4.74 Å². The molecular weight excluding hydrogens is 356 g/mol. The first-order valence-electron chi connectivity index (χ1n) is 6.49. The van der Waals surface area contributed by atoms with E-state index in [1.807, 2.05) is 33.9 Å². The van der Waals surface area contributed by atoms with Gasteiger partial charge in [-0.25, -0.2) is 4.79 Å². The van der Waals surface area contributed by atoms with Crippen LogP contribution in [-0.4, -0.2) is 20.9 Å². The zero-order valence-electron chi connectivity index (χ0n) is 12.3. The minimum Gasteiger partial charge on any atom is -0.485 e. The van der Waals surface area contributed by atoms with Gasteiger partial charge >= 0.3 is 5.97 Å². The number of aromatic nitrogens is 2. The molecule has 5 nitrogen and oxygen atoms in total. The molecule has 0 spiro atoms. The zero-order valence-corrected chi connectivity index (χ0v) is 14.7. The van der Waals surface area contributed by atoms with Gasteiger partial charge in [0.15, 0.2) is 4.88 Å². The second-order valence-electron chi connectivity index (χ2n) is 5.06. The van der Waals surface area contributed by atoms with E-state index < -0.39 is 5.97 Å². The highest BCUT2D eigenvalue weighted by molar-refractivity contribution is 9.10. The van der Waals surface area contributed by atoms with Gasteiger partial charge in [-0.15, -0.1) is 11.3 Å². The Morgan fingerprint density at radius 2 is 2.24 bits per heavy atom. The molecule has 0 radical (unpaired) electrons. The summed E-state index contributed by atoms with van der Waals surface area (Å²) in [6, 6.07) is 1.82. The maximum absolute atomic E-state index is 11.3. The van der Waals surface area contributed by atoms with Crippen molar-refractivity contribution in [2.45, 2.75) is 33.3 Å². The number of carbonyl (C=O) groups is 1. The Morgan fingerprint density at radius 3 is 2.71 bits per heavy atom. The molecule has 0 aliphatic carbocycles. The molecule has 0 fully saturated rings. The maximum Gasteiger partial charge on any atom is 0.349 e. The molecule has 0 saturated carbocycles. The van der Waals surface area contributed by atoms with E-state index in [0.717, 1.165) is 20.7 Å². The van der Waals surface area contributed by atoms with Crippen LogP contribution in [0.15, 0.2) is 10.5 Å². The lowest BCUT2D eigenvalue weighted by molar-refractivity contribution is 0.0697. The molecule has 0 bridgehead atoms. The Labute approximate surface area is 135 Å². The lowest BCUT2D eigenvalue weighted by atomic mass is 10.2. The Hall–Kier alpha value is -1.34. The summed E-state index contributed by atoms with van der Waals surface area (Å²) in [6.07, 6.45) is 0. The summed E-state index contributed by atoms with van der Waals surface area (Å²) >= 11 is 4.74. The molecule has 0 unspecified atom stereocenters. The fraction of sp³-hybridized carbons (Fsp3) is 0.429. The Morgan fingerprint density at radius 1 is 1.57 bits per heavy atom. The lowest BCUT2D eigenvalue weighted by Gasteiger charge is -2.06. The normalized spacial score (nSPS) is 11.1. The van der Waals surface area contributed by atoms with Crippen LogP contribution in [0.4, 0.5) is 0 Å². The van der Waals surface area contributed by atoms with Crippen molar-refractivity contribution in [1.82, 2.24) is 9.78 Å².